The average molecular weight is 828 g/mol. The second-order valence-corrected chi connectivity index (χ2v) is 21.3. The van der Waals surface area contributed by atoms with Gasteiger partial charge in [-0.2, -0.15) is 17.0 Å². The van der Waals surface area contributed by atoms with Gasteiger partial charge >= 0.3 is 10.2 Å². The van der Waals surface area contributed by atoms with Crippen LogP contribution in [0.5, 0.6) is 5.75 Å². The van der Waals surface area contributed by atoms with Crippen LogP contribution in [0.25, 0.3) is 22.2 Å². The topological polar surface area (TPSA) is 130 Å². The van der Waals surface area contributed by atoms with E-state index in [0.717, 1.165) is 79.3 Å². The quantitative estimate of drug-likeness (QED) is 0.223. The Balaban J connectivity index is 1.08. The standard InChI is InChI=1S/C44H53N5O7S2/c1-55-34-15-17-35-37(24-34)38-25-44(38,57(51,52)49-18-8-13-33-27-46(28-40(33)49)26-30-9-4-2-5-10-30)29-48-39-23-32(43(50)45-58(53,54)47-19-21-56-22-20-47)14-16-36(39)41(42(35)48)31-11-6-3-7-12-31/h2,4-5,9-10,14-17,23-24,31,33,38,40H,3,6-8,11-13,18-22,25-29H2,1H3,(H,45,50)/t33-,38?,40+,44?/m0/s1. The van der Waals surface area contributed by atoms with Crippen molar-refractivity contribution in [3.8, 4) is 17.0 Å². The summed E-state index contributed by atoms with van der Waals surface area (Å²) in [5, 5.41) is 0.994. The molecule has 0 spiro atoms. The highest BCUT2D eigenvalue weighted by Crippen LogP contribution is 2.64. The molecule has 10 rings (SSSR count). The summed E-state index contributed by atoms with van der Waals surface area (Å²) < 4.78 is 75.6. The Hall–Kier alpha value is -3.79. The molecular weight excluding hydrogens is 775 g/mol. The van der Waals surface area contributed by atoms with Gasteiger partial charge in [0.25, 0.3) is 5.91 Å². The van der Waals surface area contributed by atoms with Crippen molar-refractivity contribution in [2.45, 2.75) is 87.1 Å². The van der Waals surface area contributed by atoms with E-state index in [1.165, 1.54) is 21.9 Å². The van der Waals surface area contributed by atoms with Crippen LogP contribution < -0.4 is 9.46 Å². The lowest BCUT2D eigenvalue weighted by molar-refractivity contribution is 0.0719. The van der Waals surface area contributed by atoms with Crippen molar-refractivity contribution < 1.29 is 31.1 Å². The molecule has 2 saturated carbocycles. The Morgan fingerprint density at radius 2 is 1.69 bits per heavy atom. The minimum atomic E-state index is -4.09. The van der Waals surface area contributed by atoms with Gasteiger partial charge < -0.3 is 14.0 Å². The third kappa shape index (κ3) is 6.40. The number of likely N-dealkylation sites (tertiary alicyclic amines) is 1. The SMILES string of the molecule is COc1ccc2c(c1)C1CC1(S(=O)(=O)N1CCC[C@H]3CN(Cc4ccccc4)C[C@H]31)Cn1c-2c(C2CCCCC2)c2ccc(C(=O)NS(=O)(=O)N3CCOCC3)cc21. The molecule has 5 fully saturated rings. The summed E-state index contributed by atoms with van der Waals surface area (Å²) in [6, 6.07) is 21.9. The number of nitrogens with zero attached hydrogens (tertiary/aromatic N) is 4. The lowest BCUT2D eigenvalue weighted by Crippen LogP contribution is -2.53. The molecule has 2 aliphatic carbocycles. The number of fused-ring (bicyclic) bond motifs is 8. The molecule has 1 aromatic heterocycles. The van der Waals surface area contributed by atoms with Crippen LogP contribution in [0.3, 0.4) is 0 Å². The first-order valence-electron chi connectivity index (χ1n) is 21.1. The number of piperidine rings is 1. The fraction of sp³-hybridized carbons (Fsp3) is 0.523. The van der Waals surface area contributed by atoms with Gasteiger partial charge in [0.05, 0.1) is 26.0 Å². The molecule has 0 radical (unpaired) electrons. The normalized spacial score (nSPS) is 26.9. The predicted octanol–water partition coefficient (Wildman–Crippen LogP) is 5.84. The van der Waals surface area contributed by atoms with E-state index >= 15 is 8.42 Å². The monoisotopic (exact) mass is 827 g/mol. The van der Waals surface area contributed by atoms with Gasteiger partial charge in [-0.15, -0.1) is 0 Å². The second-order valence-electron chi connectivity index (χ2n) is 17.4. The van der Waals surface area contributed by atoms with Crippen LogP contribution in [0.4, 0.5) is 0 Å². The van der Waals surface area contributed by atoms with Crippen LogP contribution >= 0.6 is 0 Å². The molecule has 1 N–H and O–H groups in total. The first kappa shape index (κ1) is 38.4. The summed E-state index contributed by atoms with van der Waals surface area (Å²) >= 11 is 0. The number of carbonyl (C=O) groups is 1. The van der Waals surface area contributed by atoms with Crippen molar-refractivity contribution in [1.82, 2.24) is 22.8 Å². The maximum atomic E-state index is 15.7. The lowest BCUT2D eigenvalue weighted by Gasteiger charge is -2.38. The van der Waals surface area contributed by atoms with Crippen LogP contribution in [0.2, 0.25) is 0 Å². The number of aromatic nitrogens is 1. The van der Waals surface area contributed by atoms with Crippen molar-refractivity contribution in [1.29, 1.82) is 0 Å². The van der Waals surface area contributed by atoms with Crippen LogP contribution in [0.1, 0.15) is 90.3 Å². The van der Waals surface area contributed by atoms with Gasteiger partial charge in [-0.3, -0.25) is 9.69 Å². The number of sulfonamides is 1. The molecule has 3 aromatic carbocycles. The zero-order valence-corrected chi connectivity index (χ0v) is 34.8. The molecule has 58 heavy (non-hydrogen) atoms. The van der Waals surface area contributed by atoms with Crippen LogP contribution in [-0.4, -0.2) is 105 Å². The number of morpholine rings is 1. The number of hydrogen-bond acceptors (Lipinski definition) is 8. The van der Waals surface area contributed by atoms with Crippen molar-refractivity contribution in [2.75, 3.05) is 53.0 Å². The van der Waals surface area contributed by atoms with E-state index in [4.69, 9.17) is 9.47 Å². The van der Waals surface area contributed by atoms with E-state index in [1.807, 2.05) is 22.5 Å². The highest BCUT2D eigenvalue weighted by molar-refractivity contribution is 7.91. The van der Waals surface area contributed by atoms with Crippen molar-refractivity contribution in [3.63, 3.8) is 0 Å². The molecular formula is C44H53N5O7S2. The fourth-order valence-electron chi connectivity index (χ4n) is 11.2. The highest BCUT2D eigenvalue weighted by Gasteiger charge is 2.68. The minimum Gasteiger partial charge on any atom is -0.497 e. The van der Waals surface area contributed by atoms with E-state index < -0.39 is 30.9 Å². The number of ether oxygens (including phenoxy) is 2. The van der Waals surface area contributed by atoms with E-state index in [1.54, 1.807) is 19.2 Å². The number of benzene rings is 3. The third-order valence-electron chi connectivity index (χ3n) is 14.1. The summed E-state index contributed by atoms with van der Waals surface area (Å²) in [4.78, 5) is 16.3. The molecule has 14 heteroatoms. The number of hydrogen-bond donors (Lipinski definition) is 1. The summed E-state index contributed by atoms with van der Waals surface area (Å²) in [5.41, 5.74) is 6.46. The van der Waals surface area contributed by atoms with Crippen molar-refractivity contribution in [2.24, 2.45) is 5.92 Å². The number of amides is 1. The predicted molar refractivity (Wildman–Crippen MR) is 222 cm³/mol. The third-order valence-corrected chi connectivity index (χ3v) is 18.3. The average Bonchev–Trinajstić information content (AvgIpc) is 3.75. The molecule has 0 bridgehead atoms. The first-order valence-corrected chi connectivity index (χ1v) is 24.0. The molecule has 6 aliphatic rings. The van der Waals surface area contributed by atoms with E-state index in [-0.39, 0.29) is 62.2 Å². The van der Waals surface area contributed by atoms with Gasteiger partial charge in [-0.25, -0.2) is 13.1 Å². The summed E-state index contributed by atoms with van der Waals surface area (Å²) in [6.07, 6.45) is 7.82. The van der Waals surface area contributed by atoms with E-state index in [0.29, 0.717) is 25.3 Å². The lowest BCUT2D eigenvalue weighted by atomic mass is 9.81. The molecule has 4 aliphatic heterocycles. The Labute approximate surface area is 341 Å². The van der Waals surface area contributed by atoms with Crippen LogP contribution in [0.15, 0.2) is 66.7 Å². The largest absolute Gasteiger partial charge is 0.497 e. The molecule has 5 heterocycles. The number of methoxy groups -OCH3 is 1. The fourth-order valence-corrected chi connectivity index (χ4v) is 14.9. The number of nitrogens with one attached hydrogen (secondary N) is 1. The maximum absolute atomic E-state index is 15.7. The van der Waals surface area contributed by atoms with Gasteiger partial charge in [0.15, 0.2) is 0 Å². The molecule has 4 aromatic rings. The van der Waals surface area contributed by atoms with Gasteiger partial charge in [0.2, 0.25) is 10.0 Å². The number of rotatable bonds is 9. The molecule has 3 saturated heterocycles. The van der Waals surface area contributed by atoms with Gasteiger partial charge in [-0.1, -0.05) is 55.7 Å². The zero-order valence-electron chi connectivity index (χ0n) is 33.1. The van der Waals surface area contributed by atoms with Crippen LogP contribution in [-0.2, 0) is 38.1 Å². The molecule has 308 valence electrons. The smallest absolute Gasteiger partial charge is 0.304 e. The van der Waals surface area contributed by atoms with E-state index in [2.05, 4.69) is 50.6 Å². The van der Waals surface area contributed by atoms with Gasteiger partial charge in [0, 0.05) is 79.8 Å². The Bertz CT molecular complexity index is 2460. The first-order chi connectivity index (χ1) is 28.1. The number of carbonyl (C=O) groups excluding carboxylic acids is 1. The molecule has 4 atom stereocenters. The summed E-state index contributed by atoms with van der Waals surface area (Å²) in [5.74, 6) is 0.294. The Morgan fingerprint density at radius 1 is 0.897 bits per heavy atom. The van der Waals surface area contributed by atoms with Crippen LogP contribution in [0, 0.1) is 5.92 Å². The summed E-state index contributed by atoms with van der Waals surface area (Å²) in [7, 11) is -6.30. The summed E-state index contributed by atoms with van der Waals surface area (Å²) in [6.45, 7) is 4.02. The second kappa shape index (κ2) is 14.7. The maximum Gasteiger partial charge on any atom is 0.304 e. The van der Waals surface area contributed by atoms with Gasteiger partial charge in [-0.05, 0) is 91.0 Å². The Kier molecular flexibility index (Phi) is 9.76. The minimum absolute atomic E-state index is 0.0893. The van der Waals surface area contributed by atoms with Crippen molar-refractivity contribution in [3.05, 3.63) is 89.0 Å². The molecule has 2 unspecified atom stereocenters. The Morgan fingerprint density at radius 3 is 2.47 bits per heavy atom. The van der Waals surface area contributed by atoms with Crippen molar-refractivity contribution >= 4 is 37.0 Å². The van der Waals surface area contributed by atoms with E-state index in [9.17, 15) is 13.2 Å². The molecule has 12 nitrogen and oxygen atoms in total. The molecule has 1 amide bonds. The zero-order chi connectivity index (χ0) is 39.8. The highest BCUT2D eigenvalue weighted by atomic mass is 32.2. The van der Waals surface area contributed by atoms with Gasteiger partial charge in [0.1, 0.15) is 10.5 Å².